The van der Waals surface area contributed by atoms with Crippen molar-refractivity contribution in [3.05, 3.63) is 59.4 Å². The van der Waals surface area contributed by atoms with Crippen LogP contribution in [0.15, 0.2) is 42.7 Å². The summed E-state index contributed by atoms with van der Waals surface area (Å²) in [5, 5.41) is 16.6. The highest BCUT2D eigenvalue weighted by molar-refractivity contribution is 5.51. The number of aromatic nitrogens is 3. The summed E-state index contributed by atoms with van der Waals surface area (Å²) in [6.07, 6.45) is 1.55. The molecule has 1 aromatic carbocycles. The van der Waals surface area contributed by atoms with Crippen molar-refractivity contribution >= 4 is 11.5 Å². The first-order valence-corrected chi connectivity index (χ1v) is 6.49. The van der Waals surface area contributed by atoms with Gasteiger partial charge in [-0.1, -0.05) is 24.3 Å². The number of anilines is 1. The number of fused-ring (bicyclic) bond motifs is 1. The van der Waals surface area contributed by atoms with Crippen LogP contribution < -0.4 is 5.32 Å². The highest BCUT2D eigenvalue weighted by atomic mass is 16.3. The van der Waals surface area contributed by atoms with Crippen molar-refractivity contribution in [2.45, 2.75) is 20.1 Å². The van der Waals surface area contributed by atoms with E-state index in [1.54, 1.807) is 10.8 Å². The number of aliphatic hydroxyl groups is 1. The molecule has 5 heteroatoms. The van der Waals surface area contributed by atoms with E-state index in [0.29, 0.717) is 6.54 Å². The van der Waals surface area contributed by atoms with Crippen LogP contribution in [-0.4, -0.2) is 19.7 Å². The maximum absolute atomic E-state index is 9.03. The summed E-state index contributed by atoms with van der Waals surface area (Å²) in [5.41, 5.74) is 4.05. The molecule has 0 radical (unpaired) electrons. The second-order valence-corrected chi connectivity index (χ2v) is 4.78. The molecule has 20 heavy (non-hydrogen) atoms. The lowest BCUT2D eigenvalue weighted by Gasteiger charge is -2.09. The zero-order valence-corrected chi connectivity index (χ0v) is 11.2. The van der Waals surface area contributed by atoms with Crippen LogP contribution in [0.1, 0.15) is 16.7 Å². The molecule has 102 valence electrons. The van der Waals surface area contributed by atoms with Crippen LogP contribution in [-0.2, 0) is 13.2 Å². The number of nitrogens with one attached hydrogen (secondary N) is 1. The third-order valence-corrected chi connectivity index (χ3v) is 3.20. The van der Waals surface area contributed by atoms with Crippen molar-refractivity contribution in [2.75, 3.05) is 5.32 Å². The summed E-state index contributed by atoms with van der Waals surface area (Å²) >= 11 is 0. The molecule has 0 aliphatic rings. The van der Waals surface area contributed by atoms with Gasteiger partial charge in [0.1, 0.15) is 12.1 Å². The molecule has 0 amide bonds. The highest BCUT2D eigenvalue weighted by Gasteiger charge is 2.03. The number of benzene rings is 1. The predicted octanol–water partition coefficient (Wildman–Crippen LogP) is 2.14. The normalized spacial score (nSPS) is 10.9. The van der Waals surface area contributed by atoms with Gasteiger partial charge >= 0.3 is 0 Å². The van der Waals surface area contributed by atoms with Crippen molar-refractivity contribution in [3.8, 4) is 0 Å². The van der Waals surface area contributed by atoms with Crippen LogP contribution in [0.25, 0.3) is 5.65 Å². The standard InChI is InChI=1S/C15H16N4O/c1-11-6-14(19-15(7-11)17-10-18-19)16-8-12-2-4-13(9-20)5-3-12/h2-7,10,16,20H,8-9H2,1H3. The maximum Gasteiger partial charge on any atom is 0.157 e. The number of hydrogen-bond acceptors (Lipinski definition) is 4. The van der Waals surface area contributed by atoms with E-state index in [1.165, 1.54) is 0 Å². The van der Waals surface area contributed by atoms with Gasteiger partial charge in [0.25, 0.3) is 0 Å². The van der Waals surface area contributed by atoms with E-state index in [1.807, 2.05) is 43.3 Å². The molecule has 3 rings (SSSR count). The second kappa shape index (κ2) is 5.30. The molecular weight excluding hydrogens is 252 g/mol. The molecule has 0 aliphatic heterocycles. The Bertz CT molecular complexity index is 718. The molecule has 0 saturated heterocycles. The molecule has 5 nitrogen and oxygen atoms in total. The van der Waals surface area contributed by atoms with Crippen molar-refractivity contribution in [2.24, 2.45) is 0 Å². The molecule has 2 heterocycles. The van der Waals surface area contributed by atoms with Crippen LogP contribution in [0.4, 0.5) is 5.82 Å². The first kappa shape index (κ1) is 12.6. The summed E-state index contributed by atoms with van der Waals surface area (Å²) < 4.78 is 1.79. The summed E-state index contributed by atoms with van der Waals surface area (Å²) in [7, 11) is 0. The molecule has 0 fully saturated rings. The number of aliphatic hydroxyl groups excluding tert-OH is 1. The molecule has 2 aromatic heterocycles. The fourth-order valence-electron chi connectivity index (χ4n) is 2.14. The number of pyridine rings is 1. The number of rotatable bonds is 4. The average Bonchev–Trinajstić information content (AvgIpc) is 2.93. The van der Waals surface area contributed by atoms with Gasteiger partial charge in [-0.05, 0) is 35.7 Å². The van der Waals surface area contributed by atoms with Crippen molar-refractivity contribution < 1.29 is 5.11 Å². The van der Waals surface area contributed by atoms with Gasteiger partial charge < -0.3 is 10.4 Å². The van der Waals surface area contributed by atoms with E-state index in [9.17, 15) is 0 Å². The number of hydrogen-bond donors (Lipinski definition) is 2. The summed E-state index contributed by atoms with van der Waals surface area (Å²) in [6.45, 7) is 2.81. The second-order valence-electron chi connectivity index (χ2n) is 4.78. The third-order valence-electron chi connectivity index (χ3n) is 3.20. The molecular formula is C15H16N4O. The zero-order chi connectivity index (χ0) is 13.9. The van der Waals surface area contributed by atoms with Gasteiger partial charge in [-0.2, -0.15) is 9.61 Å². The monoisotopic (exact) mass is 268 g/mol. The number of aryl methyl sites for hydroxylation is 1. The van der Waals surface area contributed by atoms with Crippen molar-refractivity contribution in [1.82, 2.24) is 14.6 Å². The van der Waals surface area contributed by atoms with Gasteiger partial charge in [-0.3, -0.25) is 0 Å². The van der Waals surface area contributed by atoms with Gasteiger partial charge in [-0.15, -0.1) is 0 Å². The van der Waals surface area contributed by atoms with Gasteiger partial charge in [0.15, 0.2) is 5.65 Å². The Balaban J connectivity index is 1.80. The fourth-order valence-corrected chi connectivity index (χ4v) is 2.14. The van der Waals surface area contributed by atoms with Gasteiger partial charge in [-0.25, -0.2) is 4.98 Å². The minimum atomic E-state index is 0.0746. The molecule has 0 saturated carbocycles. The molecule has 0 unspecified atom stereocenters. The Morgan fingerprint density at radius 1 is 1.15 bits per heavy atom. The minimum absolute atomic E-state index is 0.0746. The maximum atomic E-state index is 9.03. The highest BCUT2D eigenvalue weighted by Crippen LogP contribution is 2.14. The van der Waals surface area contributed by atoms with Gasteiger partial charge in [0.05, 0.1) is 6.61 Å². The number of nitrogens with zero attached hydrogens (tertiary/aromatic N) is 3. The predicted molar refractivity (Wildman–Crippen MR) is 77.4 cm³/mol. The average molecular weight is 268 g/mol. The lowest BCUT2D eigenvalue weighted by molar-refractivity contribution is 0.282. The summed E-state index contributed by atoms with van der Waals surface area (Å²) in [5.74, 6) is 0.920. The third kappa shape index (κ3) is 2.48. The molecule has 2 N–H and O–H groups in total. The van der Waals surface area contributed by atoms with E-state index in [0.717, 1.165) is 28.2 Å². The largest absolute Gasteiger partial charge is 0.392 e. The summed E-state index contributed by atoms with van der Waals surface area (Å²) in [6, 6.07) is 11.9. The SMILES string of the molecule is Cc1cc(NCc2ccc(CO)cc2)n2ncnc2c1. The Hall–Kier alpha value is -2.40. The molecule has 3 aromatic rings. The Morgan fingerprint density at radius 3 is 2.65 bits per heavy atom. The van der Waals surface area contributed by atoms with Crippen molar-refractivity contribution in [3.63, 3.8) is 0 Å². The molecule has 0 atom stereocenters. The van der Waals surface area contributed by atoms with E-state index in [2.05, 4.69) is 15.4 Å². The smallest absolute Gasteiger partial charge is 0.157 e. The van der Waals surface area contributed by atoms with Crippen LogP contribution >= 0.6 is 0 Å². The minimum Gasteiger partial charge on any atom is -0.392 e. The van der Waals surface area contributed by atoms with E-state index in [-0.39, 0.29) is 6.61 Å². The molecule has 0 spiro atoms. The van der Waals surface area contributed by atoms with Crippen LogP contribution in [0.5, 0.6) is 0 Å². The first-order valence-electron chi connectivity index (χ1n) is 6.49. The van der Waals surface area contributed by atoms with E-state index < -0.39 is 0 Å². The first-order chi connectivity index (χ1) is 9.76. The topological polar surface area (TPSA) is 62.5 Å². The summed E-state index contributed by atoms with van der Waals surface area (Å²) in [4.78, 5) is 4.20. The Labute approximate surface area is 116 Å². The fraction of sp³-hybridized carbons (Fsp3) is 0.200. The van der Waals surface area contributed by atoms with Gasteiger partial charge in [0.2, 0.25) is 0 Å². The molecule has 0 bridgehead atoms. The Morgan fingerprint density at radius 2 is 1.90 bits per heavy atom. The molecule has 0 aliphatic carbocycles. The Kier molecular flexibility index (Phi) is 3.35. The van der Waals surface area contributed by atoms with E-state index >= 15 is 0 Å². The van der Waals surface area contributed by atoms with Crippen LogP contribution in [0.3, 0.4) is 0 Å². The quantitative estimate of drug-likeness (QED) is 0.761. The zero-order valence-electron chi connectivity index (χ0n) is 11.2. The lowest BCUT2D eigenvalue weighted by Crippen LogP contribution is -2.05. The van der Waals surface area contributed by atoms with Crippen LogP contribution in [0.2, 0.25) is 0 Å². The van der Waals surface area contributed by atoms with Crippen LogP contribution in [0, 0.1) is 6.92 Å². The van der Waals surface area contributed by atoms with Crippen molar-refractivity contribution in [1.29, 1.82) is 0 Å². The van der Waals surface area contributed by atoms with Gasteiger partial charge in [0, 0.05) is 6.54 Å². The van der Waals surface area contributed by atoms with E-state index in [4.69, 9.17) is 5.11 Å². The lowest BCUT2D eigenvalue weighted by atomic mass is 10.1.